The summed E-state index contributed by atoms with van der Waals surface area (Å²) in [7, 11) is 0. The largest absolute Gasteiger partial charge is 0.478 e. The number of pyridine rings is 1. The van der Waals surface area contributed by atoms with E-state index in [4.69, 9.17) is 5.11 Å². The second kappa shape index (κ2) is 6.44. The van der Waals surface area contributed by atoms with Crippen molar-refractivity contribution in [2.45, 2.75) is 25.4 Å². The Kier molecular flexibility index (Phi) is 5.21. The third-order valence-corrected chi connectivity index (χ3v) is 3.03. The third-order valence-electron chi connectivity index (χ3n) is 3.03. The first-order valence-corrected chi connectivity index (χ1v) is 5.72. The van der Waals surface area contributed by atoms with Crippen molar-refractivity contribution < 1.29 is 20.1 Å². The van der Waals surface area contributed by atoms with E-state index >= 15 is 0 Å². The first-order chi connectivity index (χ1) is 8.58. The van der Waals surface area contributed by atoms with Gasteiger partial charge in [-0.3, -0.25) is 4.98 Å². The van der Waals surface area contributed by atoms with Gasteiger partial charge in [-0.05, 0) is 18.6 Å². The molecule has 1 aromatic heterocycles. The van der Waals surface area contributed by atoms with Crippen LogP contribution >= 0.6 is 0 Å². The molecule has 0 unspecified atom stereocenters. The van der Waals surface area contributed by atoms with Crippen molar-refractivity contribution in [1.82, 2.24) is 10.3 Å². The second-order valence-corrected chi connectivity index (χ2v) is 4.11. The lowest BCUT2D eigenvalue weighted by Crippen LogP contribution is -2.51. The van der Waals surface area contributed by atoms with Crippen LogP contribution in [0.1, 0.15) is 29.4 Å². The molecule has 0 spiro atoms. The number of aromatic nitrogens is 1. The molecule has 0 saturated carbocycles. The number of aliphatic hydroxyl groups excluding tert-OH is 2. The minimum atomic E-state index is -1.05. The summed E-state index contributed by atoms with van der Waals surface area (Å²) in [6, 6.07) is 3.02. The number of rotatable bonds is 7. The smallest absolute Gasteiger partial charge is 0.337 e. The van der Waals surface area contributed by atoms with Crippen LogP contribution in [0.3, 0.4) is 0 Å². The molecule has 0 atom stereocenters. The van der Waals surface area contributed by atoms with Gasteiger partial charge in [-0.1, -0.05) is 6.92 Å². The zero-order valence-corrected chi connectivity index (χ0v) is 10.3. The van der Waals surface area contributed by atoms with Gasteiger partial charge < -0.3 is 20.6 Å². The Morgan fingerprint density at radius 3 is 2.61 bits per heavy atom. The second-order valence-electron chi connectivity index (χ2n) is 4.11. The van der Waals surface area contributed by atoms with Gasteiger partial charge in [-0.25, -0.2) is 4.79 Å². The molecule has 0 saturated heterocycles. The van der Waals surface area contributed by atoms with Crippen molar-refractivity contribution in [2.24, 2.45) is 0 Å². The molecule has 0 aliphatic rings. The fourth-order valence-electron chi connectivity index (χ4n) is 1.56. The molecule has 6 nitrogen and oxygen atoms in total. The molecular weight excluding hydrogens is 236 g/mol. The molecule has 4 N–H and O–H groups in total. The van der Waals surface area contributed by atoms with Crippen molar-refractivity contribution in [1.29, 1.82) is 0 Å². The van der Waals surface area contributed by atoms with E-state index in [0.29, 0.717) is 12.1 Å². The summed E-state index contributed by atoms with van der Waals surface area (Å²) in [5.74, 6) is -1.05. The van der Waals surface area contributed by atoms with Gasteiger partial charge in [0.2, 0.25) is 0 Å². The summed E-state index contributed by atoms with van der Waals surface area (Å²) in [6.45, 7) is 1.55. The highest BCUT2D eigenvalue weighted by Crippen LogP contribution is 2.11. The van der Waals surface area contributed by atoms with Gasteiger partial charge in [0, 0.05) is 12.7 Å². The van der Waals surface area contributed by atoms with E-state index in [9.17, 15) is 15.0 Å². The monoisotopic (exact) mass is 254 g/mol. The van der Waals surface area contributed by atoms with E-state index in [2.05, 4.69) is 10.3 Å². The molecule has 0 radical (unpaired) electrons. The van der Waals surface area contributed by atoms with Crippen molar-refractivity contribution >= 4 is 5.97 Å². The van der Waals surface area contributed by atoms with E-state index < -0.39 is 11.5 Å². The van der Waals surface area contributed by atoms with Gasteiger partial charge >= 0.3 is 5.97 Å². The molecule has 0 bridgehead atoms. The van der Waals surface area contributed by atoms with E-state index in [0.717, 1.165) is 0 Å². The Labute approximate surface area is 105 Å². The molecule has 0 fully saturated rings. The van der Waals surface area contributed by atoms with Gasteiger partial charge in [0.15, 0.2) is 0 Å². The summed E-state index contributed by atoms with van der Waals surface area (Å²) in [5.41, 5.74) is -0.316. The van der Waals surface area contributed by atoms with Crippen molar-refractivity contribution in [2.75, 3.05) is 13.2 Å². The van der Waals surface area contributed by atoms with E-state index in [1.807, 2.05) is 6.92 Å². The van der Waals surface area contributed by atoms with Crippen LogP contribution in [0.4, 0.5) is 0 Å². The lowest BCUT2D eigenvalue weighted by atomic mass is 9.98. The highest BCUT2D eigenvalue weighted by molar-refractivity contribution is 5.88. The molecule has 0 aromatic carbocycles. The highest BCUT2D eigenvalue weighted by Gasteiger charge is 2.26. The van der Waals surface area contributed by atoms with Crippen LogP contribution < -0.4 is 5.32 Å². The summed E-state index contributed by atoms with van der Waals surface area (Å²) < 4.78 is 0. The average Bonchev–Trinajstić information content (AvgIpc) is 2.41. The van der Waals surface area contributed by atoms with Gasteiger partial charge in [0.25, 0.3) is 0 Å². The van der Waals surface area contributed by atoms with Crippen LogP contribution in [-0.2, 0) is 6.54 Å². The lowest BCUT2D eigenvalue weighted by molar-refractivity contribution is 0.0692. The van der Waals surface area contributed by atoms with Crippen LogP contribution in [-0.4, -0.2) is 45.0 Å². The van der Waals surface area contributed by atoms with E-state index in [-0.39, 0.29) is 25.3 Å². The third kappa shape index (κ3) is 3.25. The molecule has 100 valence electrons. The van der Waals surface area contributed by atoms with Crippen LogP contribution in [0.5, 0.6) is 0 Å². The zero-order valence-electron chi connectivity index (χ0n) is 10.3. The fourth-order valence-corrected chi connectivity index (χ4v) is 1.56. The quantitative estimate of drug-likeness (QED) is 0.546. The number of carboxylic acid groups (broad SMARTS) is 1. The van der Waals surface area contributed by atoms with Crippen LogP contribution in [0, 0.1) is 0 Å². The average molecular weight is 254 g/mol. The molecule has 1 heterocycles. The lowest BCUT2D eigenvalue weighted by Gasteiger charge is -2.29. The Morgan fingerprint density at radius 1 is 1.44 bits per heavy atom. The number of aliphatic hydroxyl groups is 2. The Balaban J connectivity index is 2.83. The van der Waals surface area contributed by atoms with Crippen LogP contribution in [0.2, 0.25) is 0 Å². The standard InChI is InChI=1S/C12H18N2O4/c1-2-12(7-15,8-16)14-6-10-9(11(17)18)4-3-5-13-10/h3-5,14-16H,2,6-8H2,1H3,(H,17,18). The minimum absolute atomic E-state index is 0.117. The van der Waals surface area contributed by atoms with Crippen LogP contribution in [0.25, 0.3) is 0 Å². The zero-order chi connectivity index (χ0) is 13.6. The Morgan fingerprint density at radius 2 is 2.11 bits per heavy atom. The van der Waals surface area contributed by atoms with Crippen molar-refractivity contribution in [3.05, 3.63) is 29.6 Å². The maximum atomic E-state index is 11.0. The number of carboxylic acids is 1. The van der Waals surface area contributed by atoms with Gasteiger partial charge in [0.05, 0.1) is 30.0 Å². The number of carbonyl (C=O) groups is 1. The summed E-state index contributed by atoms with van der Waals surface area (Å²) >= 11 is 0. The van der Waals surface area contributed by atoms with Crippen molar-refractivity contribution in [3.8, 4) is 0 Å². The first-order valence-electron chi connectivity index (χ1n) is 5.72. The summed E-state index contributed by atoms with van der Waals surface area (Å²) in [4.78, 5) is 15.0. The molecule has 6 heteroatoms. The van der Waals surface area contributed by atoms with Gasteiger partial charge in [0.1, 0.15) is 0 Å². The normalized spacial score (nSPS) is 11.5. The molecule has 0 amide bonds. The number of nitrogens with zero attached hydrogens (tertiary/aromatic N) is 1. The molecule has 0 aliphatic carbocycles. The molecular formula is C12H18N2O4. The van der Waals surface area contributed by atoms with E-state index in [1.54, 1.807) is 6.07 Å². The Bertz CT molecular complexity index is 397. The van der Waals surface area contributed by atoms with Gasteiger partial charge in [-0.15, -0.1) is 0 Å². The Hall–Kier alpha value is -1.50. The SMILES string of the molecule is CCC(CO)(CO)NCc1ncccc1C(=O)O. The molecule has 1 aromatic rings. The predicted octanol–water partition coefficient (Wildman–Crippen LogP) is 0.00280. The number of aromatic carboxylic acids is 1. The highest BCUT2D eigenvalue weighted by atomic mass is 16.4. The number of nitrogens with one attached hydrogen (secondary N) is 1. The number of hydrogen-bond acceptors (Lipinski definition) is 5. The maximum absolute atomic E-state index is 11.0. The minimum Gasteiger partial charge on any atom is -0.478 e. The molecule has 0 aliphatic heterocycles. The molecule has 18 heavy (non-hydrogen) atoms. The number of hydrogen-bond donors (Lipinski definition) is 4. The maximum Gasteiger partial charge on any atom is 0.337 e. The topological polar surface area (TPSA) is 103 Å². The van der Waals surface area contributed by atoms with Gasteiger partial charge in [-0.2, -0.15) is 0 Å². The predicted molar refractivity (Wildman–Crippen MR) is 65.2 cm³/mol. The summed E-state index contributed by atoms with van der Waals surface area (Å²) in [5, 5.41) is 30.5. The molecule has 1 rings (SSSR count). The summed E-state index contributed by atoms with van der Waals surface area (Å²) in [6.07, 6.45) is 2.03. The first kappa shape index (κ1) is 14.6. The van der Waals surface area contributed by atoms with Crippen molar-refractivity contribution in [3.63, 3.8) is 0 Å². The van der Waals surface area contributed by atoms with E-state index in [1.165, 1.54) is 12.3 Å². The van der Waals surface area contributed by atoms with Crippen LogP contribution in [0.15, 0.2) is 18.3 Å². The fraction of sp³-hybridized carbons (Fsp3) is 0.500.